The smallest absolute Gasteiger partial charge is 0.177 e. The van der Waals surface area contributed by atoms with E-state index >= 15 is 0 Å². The van der Waals surface area contributed by atoms with Gasteiger partial charge in [0.15, 0.2) is 6.29 Å². The van der Waals surface area contributed by atoms with Crippen molar-refractivity contribution in [2.45, 2.75) is 71.6 Å². The molecule has 0 amide bonds. The Labute approximate surface area is 139 Å². The van der Waals surface area contributed by atoms with Crippen molar-refractivity contribution in [2.75, 3.05) is 0 Å². The summed E-state index contributed by atoms with van der Waals surface area (Å²) >= 11 is 0. The Morgan fingerprint density at radius 2 is 1.26 bits per heavy atom. The van der Waals surface area contributed by atoms with Crippen LogP contribution in [-0.4, -0.2) is 21.6 Å². The van der Waals surface area contributed by atoms with Gasteiger partial charge in [0, 0.05) is 0 Å². The van der Waals surface area contributed by atoms with Gasteiger partial charge in [-0.1, -0.05) is 24.8 Å². The molecule has 4 nitrogen and oxygen atoms in total. The fraction of sp³-hybridized carbons (Fsp3) is 0.579. The summed E-state index contributed by atoms with van der Waals surface area (Å²) in [5, 5.41) is 30.7. The fourth-order valence-electron chi connectivity index (χ4n) is 2.13. The van der Waals surface area contributed by atoms with Crippen molar-refractivity contribution in [3.8, 4) is 0 Å². The van der Waals surface area contributed by atoms with E-state index in [1.807, 2.05) is 26.0 Å². The van der Waals surface area contributed by atoms with Crippen molar-refractivity contribution >= 4 is 0 Å². The molecule has 23 heavy (non-hydrogen) atoms. The zero-order valence-electron chi connectivity index (χ0n) is 15.3. The van der Waals surface area contributed by atoms with Gasteiger partial charge in [0.1, 0.15) is 0 Å². The summed E-state index contributed by atoms with van der Waals surface area (Å²) in [4.78, 5) is 0. The minimum Gasteiger partial charge on any atom is -0.386 e. The van der Waals surface area contributed by atoms with E-state index in [4.69, 9.17) is 4.74 Å². The Hall–Kier alpha value is -1.20. The molecule has 4 heteroatoms. The van der Waals surface area contributed by atoms with E-state index < -0.39 is 23.1 Å². The largest absolute Gasteiger partial charge is 0.386 e. The van der Waals surface area contributed by atoms with Crippen LogP contribution in [-0.2, 0) is 21.5 Å². The van der Waals surface area contributed by atoms with E-state index in [0.717, 1.165) is 5.56 Å². The normalized spacial score (nSPS) is 14.7. The quantitative estimate of drug-likeness (QED) is 0.555. The first kappa shape index (κ1) is 19.8. The summed E-state index contributed by atoms with van der Waals surface area (Å²) in [6.45, 7) is 15.8. The third kappa shape index (κ3) is 5.15. The van der Waals surface area contributed by atoms with E-state index in [1.54, 1.807) is 40.7 Å². The highest BCUT2D eigenvalue weighted by molar-refractivity contribution is 5.38. The molecule has 0 aliphatic carbocycles. The van der Waals surface area contributed by atoms with Gasteiger partial charge in [0.05, 0.1) is 16.8 Å². The molecule has 1 rings (SSSR count). The highest BCUT2D eigenvalue weighted by Gasteiger charge is 2.30. The molecule has 0 saturated carbocycles. The van der Waals surface area contributed by atoms with Gasteiger partial charge in [-0.2, -0.15) is 0 Å². The summed E-state index contributed by atoms with van der Waals surface area (Å²) in [5.41, 5.74) is -0.311. The number of hydrogen-bond donors (Lipinski definition) is 3. The maximum absolute atomic E-state index is 10.4. The number of ether oxygens (including phenoxy) is 1. The standard InChI is InChI=1S/C19H30O4/c1-12(2)16(20)23-19(7,8)15-10-13(17(3,4)21)9-14(11-15)18(5,6)22/h9-11,16,20-22H,1H2,2-8H3. The molecule has 0 aliphatic heterocycles. The van der Waals surface area contributed by atoms with Crippen LogP contribution in [0.25, 0.3) is 0 Å². The van der Waals surface area contributed by atoms with Crippen LogP contribution >= 0.6 is 0 Å². The average Bonchev–Trinajstić information content (AvgIpc) is 2.35. The minimum atomic E-state index is -1.08. The molecule has 0 spiro atoms. The minimum absolute atomic E-state index is 0.513. The lowest BCUT2D eigenvalue weighted by Gasteiger charge is -2.32. The van der Waals surface area contributed by atoms with Crippen molar-refractivity contribution in [1.82, 2.24) is 0 Å². The van der Waals surface area contributed by atoms with Crippen LogP contribution in [0.1, 0.15) is 65.2 Å². The van der Waals surface area contributed by atoms with Crippen LogP contribution in [0.2, 0.25) is 0 Å². The van der Waals surface area contributed by atoms with Gasteiger partial charge < -0.3 is 20.1 Å². The fourth-order valence-corrected chi connectivity index (χ4v) is 2.13. The first-order chi connectivity index (χ1) is 10.1. The number of hydrogen-bond acceptors (Lipinski definition) is 4. The molecule has 0 aromatic heterocycles. The molecule has 0 bridgehead atoms. The lowest BCUT2D eigenvalue weighted by molar-refractivity contribution is -0.156. The third-order valence-corrected chi connectivity index (χ3v) is 3.87. The molecule has 0 saturated heterocycles. The van der Waals surface area contributed by atoms with E-state index in [0.29, 0.717) is 16.7 Å². The predicted octanol–water partition coefficient (Wildman–Crippen LogP) is 3.29. The van der Waals surface area contributed by atoms with Crippen molar-refractivity contribution in [1.29, 1.82) is 0 Å². The van der Waals surface area contributed by atoms with Crippen LogP contribution in [0.5, 0.6) is 0 Å². The molecular formula is C19H30O4. The summed E-state index contributed by atoms with van der Waals surface area (Å²) < 4.78 is 5.71. The molecule has 0 fully saturated rings. The first-order valence-corrected chi connectivity index (χ1v) is 7.77. The molecule has 130 valence electrons. The number of rotatable bonds is 6. The molecule has 1 aromatic carbocycles. The lowest BCUT2D eigenvalue weighted by Crippen LogP contribution is -2.30. The van der Waals surface area contributed by atoms with Crippen molar-refractivity contribution in [3.63, 3.8) is 0 Å². The highest BCUT2D eigenvalue weighted by Crippen LogP contribution is 2.34. The Bertz CT molecular complexity index is 542. The zero-order chi connectivity index (χ0) is 18.2. The second-order valence-corrected chi connectivity index (χ2v) is 7.74. The molecule has 1 unspecified atom stereocenters. The van der Waals surface area contributed by atoms with E-state index in [9.17, 15) is 15.3 Å². The Balaban J connectivity index is 3.42. The first-order valence-electron chi connectivity index (χ1n) is 7.77. The molecule has 0 aliphatic rings. The van der Waals surface area contributed by atoms with E-state index in [2.05, 4.69) is 6.58 Å². The topological polar surface area (TPSA) is 69.9 Å². The second-order valence-electron chi connectivity index (χ2n) is 7.74. The van der Waals surface area contributed by atoms with Gasteiger partial charge in [0.25, 0.3) is 0 Å². The highest BCUT2D eigenvalue weighted by atomic mass is 16.6. The van der Waals surface area contributed by atoms with Gasteiger partial charge in [-0.15, -0.1) is 0 Å². The molecule has 3 N–H and O–H groups in total. The lowest BCUT2D eigenvalue weighted by atomic mass is 9.85. The maximum Gasteiger partial charge on any atom is 0.177 e. The summed E-state index contributed by atoms with van der Waals surface area (Å²) in [6, 6.07) is 5.45. The van der Waals surface area contributed by atoms with E-state index in [-0.39, 0.29) is 0 Å². The zero-order valence-corrected chi connectivity index (χ0v) is 15.3. The molecule has 1 aromatic rings. The van der Waals surface area contributed by atoms with Crippen LogP contribution in [0.4, 0.5) is 0 Å². The molecule has 1 atom stereocenters. The van der Waals surface area contributed by atoms with Crippen LogP contribution in [0.3, 0.4) is 0 Å². The van der Waals surface area contributed by atoms with Crippen molar-refractivity contribution in [2.24, 2.45) is 0 Å². The Morgan fingerprint density at radius 3 is 1.57 bits per heavy atom. The third-order valence-electron chi connectivity index (χ3n) is 3.87. The van der Waals surface area contributed by atoms with Gasteiger partial charge >= 0.3 is 0 Å². The number of benzene rings is 1. The van der Waals surface area contributed by atoms with E-state index in [1.165, 1.54) is 0 Å². The predicted molar refractivity (Wildman–Crippen MR) is 91.9 cm³/mol. The molecule has 0 heterocycles. The SMILES string of the molecule is C=C(C)C(O)OC(C)(C)c1cc(C(C)(C)O)cc(C(C)(C)O)c1. The summed E-state index contributed by atoms with van der Waals surface area (Å²) in [7, 11) is 0. The van der Waals surface area contributed by atoms with Gasteiger partial charge in [0.2, 0.25) is 0 Å². The monoisotopic (exact) mass is 322 g/mol. The second kappa shape index (κ2) is 6.36. The van der Waals surface area contributed by atoms with Crippen LogP contribution < -0.4 is 0 Å². The number of aliphatic hydroxyl groups is 3. The molecular weight excluding hydrogens is 292 g/mol. The Morgan fingerprint density at radius 1 is 0.913 bits per heavy atom. The van der Waals surface area contributed by atoms with Gasteiger partial charge in [-0.05, 0) is 70.7 Å². The van der Waals surface area contributed by atoms with Gasteiger partial charge in [-0.25, -0.2) is 0 Å². The maximum atomic E-state index is 10.4. The Kier molecular flexibility index (Phi) is 5.49. The van der Waals surface area contributed by atoms with Crippen LogP contribution in [0, 0.1) is 0 Å². The summed E-state index contributed by atoms with van der Waals surface area (Å²) in [6.07, 6.45) is -1.08. The average molecular weight is 322 g/mol. The summed E-state index contributed by atoms with van der Waals surface area (Å²) in [5.74, 6) is 0. The van der Waals surface area contributed by atoms with Crippen molar-refractivity contribution < 1.29 is 20.1 Å². The molecule has 0 radical (unpaired) electrons. The number of aliphatic hydroxyl groups excluding tert-OH is 1. The van der Waals surface area contributed by atoms with Crippen molar-refractivity contribution in [3.05, 3.63) is 47.0 Å². The van der Waals surface area contributed by atoms with Gasteiger partial charge in [-0.3, -0.25) is 0 Å². The van der Waals surface area contributed by atoms with Crippen LogP contribution in [0.15, 0.2) is 30.4 Å².